The monoisotopic (exact) mass is 290 g/mol. The molecule has 1 aliphatic rings. The van der Waals surface area contributed by atoms with Crippen LogP contribution in [-0.2, 0) is 0 Å². The van der Waals surface area contributed by atoms with Crippen LogP contribution in [0.1, 0.15) is 51.6 Å². The number of hydrogen-bond donors (Lipinski definition) is 1. The molecule has 0 spiro atoms. The van der Waals surface area contributed by atoms with Gasteiger partial charge >= 0.3 is 0 Å². The van der Waals surface area contributed by atoms with Crippen LogP contribution in [0.4, 0.5) is 0 Å². The lowest BCUT2D eigenvalue weighted by Gasteiger charge is -2.43. The number of benzene rings is 1. The lowest BCUT2D eigenvalue weighted by atomic mass is 9.81. The molecule has 0 aliphatic carbocycles. The number of ether oxygens (including phenoxy) is 1. The number of piperidine rings is 1. The average molecular weight is 290 g/mol. The van der Waals surface area contributed by atoms with Gasteiger partial charge in [-0.15, -0.1) is 0 Å². The molecule has 0 aromatic heterocycles. The van der Waals surface area contributed by atoms with E-state index in [4.69, 9.17) is 10.5 Å². The summed E-state index contributed by atoms with van der Waals surface area (Å²) >= 11 is 0. The highest BCUT2D eigenvalue weighted by molar-refractivity contribution is 5.37. The van der Waals surface area contributed by atoms with Crippen molar-refractivity contribution < 1.29 is 4.74 Å². The van der Waals surface area contributed by atoms with E-state index in [-0.39, 0.29) is 12.1 Å². The lowest BCUT2D eigenvalue weighted by Crippen LogP contribution is -2.46. The van der Waals surface area contributed by atoms with Crippen molar-refractivity contribution >= 4 is 0 Å². The number of methoxy groups -OCH3 is 1. The second kappa shape index (κ2) is 6.80. The molecule has 2 unspecified atom stereocenters. The van der Waals surface area contributed by atoms with Crippen molar-refractivity contribution in [1.82, 2.24) is 4.90 Å². The fourth-order valence-electron chi connectivity index (χ4n) is 3.24. The molecule has 2 N–H and O–H groups in total. The Morgan fingerprint density at radius 1 is 1.24 bits per heavy atom. The van der Waals surface area contributed by atoms with E-state index in [9.17, 15) is 0 Å². The molecular weight excluding hydrogens is 260 g/mol. The average Bonchev–Trinajstić information content (AvgIpc) is 2.49. The number of para-hydroxylation sites is 1. The molecule has 1 fully saturated rings. The van der Waals surface area contributed by atoms with Crippen LogP contribution in [-0.4, -0.2) is 31.1 Å². The van der Waals surface area contributed by atoms with Gasteiger partial charge in [0.1, 0.15) is 5.75 Å². The predicted molar refractivity (Wildman–Crippen MR) is 88.6 cm³/mol. The van der Waals surface area contributed by atoms with Crippen LogP contribution in [0.25, 0.3) is 0 Å². The Bertz CT molecular complexity index is 448. The van der Waals surface area contributed by atoms with Crippen molar-refractivity contribution in [2.24, 2.45) is 11.1 Å². The van der Waals surface area contributed by atoms with E-state index in [2.05, 4.69) is 37.8 Å². The van der Waals surface area contributed by atoms with Crippen LogP contribution >= 0.6 is 0 Å². The second-order valence-corrected chi connectivity index (χ2v) is 6.96. The van der Waals surface area contributed by atoms with Crippen molar-refractivity contribution in [2.75, 3.05) is 20.2 Å². The summed E-state index contributed by atoms with van der Waals surface area (Å²) in [6.45, 7) is 9.12. The van der Waals surface area contributed by atoms with E-state index in [0.717, 1.165) is 25.3 Å². The van der Waals surface area contributed by atoms with Gasteiger partial charge in [-0.1, -0.05) is 39.0 Å². The Hall–Kier alpha value is -1.06. The predicted octanol–water partition coefficient (Wildman–Crippen LogP) is 3.60. The van der Waals surface area contributed by atoms with Gasteiger partial charge in [-0.05, 0) is 43.8 Å². The molecule has 2 rings (SSSR count). The van der Waals surface area contributed by atoms with Crippen LogP contribution in [0.5, 0.6) is 5.75 Å². The number of nitrogens with zero attached hydrogens (tertiary/aromatic N) is 1. The second-order valence-electron chi connectivity index (χ2n) is 6.96. The Labute approximate surface area is 129 Å². The van der Waals surface area contributed by atoms with Crippen molar-refractivity contribution in [3.63, 3.8) is 0 Å². The van der Waals surface area contributed by atoms with Gasteiger partial charge < -0.3 is 10.5 Å². The van der Waals surface area contributed by atoms with Gasteiger partial charge in [-0.3, -0.25) is 4.90 Å². The summed E-state index contributed by atoms with van der Waals surface area (Å²) in [6, 6.07) is 8.71. The largest absolute Gasteiger partial charge is 0.496 e. The Morgan fingerprint density at radius 3 is 2.43 bits per heavy atom. The fourth-order valence-corrected chi connectivity index (χ4v) is 3.24. The van der Waals surface area contributed by atoms with Crippen molar-refractivity contribution in [3.8, 4) is 5.75 Å². The molecule has 1 aliphatic heterocycles. The minimum atomic E-state index is 0.141. The molecule has 0 bridgehead atoms. The Balaban J connectivity index is 2.27. The highest BCUT2D eigenvalue weighted by atomic mass is 16.5. The van der Waals surface area contributed by atoms with Gasteiger partial charge in [0, 0.05) is 11.6 Å². The summed E-state index contributed by atoms with van der Waals surface area (Å²) in [7, 11) is 1.74. The SMILES string of the molecule is CCC(N)C(c1ccccc1OC)N1CCC(C)(C)CC1. The van der Waals surface area contributed by atoms with Crippen molar-refractivity contribution in [1.29, 1.82) is 0 Å². The van der Waals surface area contributed by atoms with E-state index in [1.54, 1.807) is 7.11 Å². The summed E-state index contributed by atoms with van der Waals surface area (Å²) in [5, 5.41) is 0. The van der Waals surface area contributed by atoms with E-state index >= 15 is 0 Å². The van der Waals surface area contributed by atoms with E-state index in [1.165, 1.54) is 18.4 Å². The van der Waals surface area contributed by atoms with Crippen LogP contribution in [0.3, 0.4) is 0 Å². The number of hydrogen-bond acceptors (Lipinski definition) is 3. The van der Waals surface area contributed by atoms with Gasteiger partial charge in [0.25, 0.3) is 0 Å². The third-order valence-electron chi connectivity index (χ3n) is 4.88. The molecule has 21 heavy (non-hydrogen) atoms. The summed E-state index contributed by atoms with van der Waals surface area (Å²) in [4.78, 5) is 2.55. The van der Waals surface area contributed by atoms with Gasteiger partial charge in [0.15, 0.2) is 0 Å². The summed E-state index contributed by atoms with van der Waals surface area (Å²) < 4.78 is 5.57. The molecule has 0 radical (unpaired) electrons. The normalized spacial score (nSPS) is 21.8. The van der Waals surface area contributed by atoms with Gasteiger partial charge in [0.05, 0.1) is 13.2 Å². The zero-order valence-electron chi connectivity index (χ0n) is 13.9. The third-order valence-corrected chi connectivity index (χ3v) is 4.88. The minimum Gasteiger partial charge on any atom is -0.496 e. The molecule has 0 amide bonds. The summed E-state index contributed by atoms with van der Waals surface area (Å²) in [5.74, 6) is 0.955. The first-order valence-electron chi connectivity index (χ1n) is 8.11. The van der Waals surface area contributed by atoms with Crippen LogP contribution < -0.4 is 10.5 Å². The first-order chi connectivity index (χ1) is 9.98. The first-order valence-corrected chi connectivity index (χ1v) is 8.11. The maximum atomic E-state index is 6.47. The Morgan fingerprint density at radius 2 is 1.86 bits per heavy atom. The maximum Gasteiger partial charge on any atom is 0.123 e. The number of likely N-dealkylation sites (tertiary alicyclic amines) is 1. The lowest BCUT2D eigenvalue weighted by molar-refractivity contribution is 0.0797. The Kier molecular flexibility index (Phi) is 5.28. The molecule has 118 valence electrons. The minimum absolute atomic E-state index is 0.141. The highest BCUT2D eigenvalue weighted by Crippen LogP contribution is 2.37. The highest BCUT2D eigenvalue weighted by Gasteiger charge is 2.33. The summed E-state index contributed by atoms with van der Waals surface area (Å²) in [6.07, 6.45) is 3.44. The van der Waals surface area contributed by atoms with E-state index in [0.29, 0.717) is 5.41 Å². The smallest absolute Gasteiger partial charge is 0.123 e. The molecule has 0 saturated carbocycles. The first kappa shape index (κ1) is 16.3. The van der Waals surface area contributed by atoms with Crippen LogP contribution in [0, 0.1) is 5.41 Å². The molecule has 2 atom stereocenters. The van der Waals surface area contributed by atoms with Crippen molar-refractivity contribution in [3.05, 3.63) is 29.8 Å². The zero-order valence-corrected chi connectivity index (χ0v) is 13.9. The van der Waals surface area contributed by atoms with Crippen LogP contribution in [0.15, 0.2) is 24.3 Å². The fraction of sp³-hybridized carbons (Fsp3) is 0.667. The number of rotatable bonds is 5. The van der Waals surface area contributed by atoms with Gasteiger partial charge in [-0.25, -0.2) is 0 Å². The van der Waals surface area contributed by atoms with Crippen LogP contribution in [0.2, 0.25) is 0 Å². The molecule has 1 heterocycles. The van der Waals surface area contributed by atoms with E-state index in [1.807, 2.05) is 12.1 Å². The molecule has 3 nitrogen and oxygen atoms in total. The van der Waals surface area contributed by atoms with Crippen molar-refractivity contribution in [2.45, 2.75) is 52.1 Å². The maximum absolute atomic E-state index is 6.47. The quantitative estimate of drug-likeness (QED) is 0.900. The standard InChI is InChI=1S/C18H30N2O/c1-5-15(19)17(14-8-6-7-9-16(14)21-4)20-12-10-18(2,3)11-13-20/h6-9,15,17H,5,10-13,19H2,1-4H3. The molecule has 1 aromatic rings. The molecule has 3 heteroatoms. The number of nitrogens with two attached hydrogens (primary N) is 1. The van der Waals surface area contributed by atoms with Gasteiger partial charge in [0.2, 0.25) is 0 Å². The van der Waals surface area contributed by atoms with E-state index < -0.39 is 0 Å². The molecule has 1 saturated heterocycles. The van der Waals surface area contributed by atoms with Gasteiger partial charge in [-0.2, -0.15) is 0 Å². The molecular formula is C18H30N2O. The topological polar surface area (TPSA) is 38.5 Å². The summed E-state index contributed by atoms with van der Waals surface area (Å²) in [5.41, 5.74) is 8.16. The zero-order chi connectivity index (χ0) is 15.5. The molecule has 1 aromatic carbocycles. The third kappa shape index (κ3) is 3.78.